The van der Waals surface area contributed by atoms with Gasteiger partial charge < -0.3 is 5.73 Å². The first-order chi connectivity index (χ1) is 7.72. The maximum atomic E-state index is 6.26. The number of hydrogen-bond acceptors (Lipinski definition) is 2. The van der Waals surface area contributed by atoms with Gasteiger partial charge in [0.25, 0.3) is 0 Å². The van der Waals surface area contributed by atoms with Gasteiger partial charge in [0.2, 0.25) is 0 Å². The molecule has 0 spiro atoms. The van der Waals surface area contributed by atoms with Gasteiger partial charge in [-0.1, -0.05) is 19.8 Å². The summed E-state index contributed by atoms with van der Waals surface area (Å²) in [6, 6.07) is 2.10. The van der Waals surface area contributed by atoms with Crippen molar-refractivity contribution in [1.29, 1.82) is 0 Å². The minimum atomic E-state index is 0.471. The lowest BCUT2D eigenvalue weighted by molar-refractivity contribution is 0.138. The fraction of sp³-hybridized carbons (Fsp3) is 1.00. The predicted molar refractivity (Wildman–Crippen MR) is 69.4 cm³/mol. The minimum absolute atomic E-state index is 0.471. The van der Waals surface area contributed by atoms with Crippen LogP contribution < -0.4 is 5.73 Å². The first-order valence-corrected chi connectivity index (χ1v) is 7.23. The Labute approximate surface area is 101 Å². The molecular weight excluding hydrogens is 196 g/mol. The Hall–Kier alpha value is -0.0800. The van der Waals surface area contributed by atoms with Crippen LogP contribution in [0.4, 0.5) is 0 Å². The molecule has 2 fully saturated rings. The van der Waals surface area contributed by atoms with E-state index in [1.54, 1.807) is 0 Å². The van der Waals surface area contributed by atoms with Crippen LogP contribution in [0, 0.1) is 5.92 Å². The molecule has 0 aromatic rings. The normalized spacial score (nSPS) is 41.4. The Morgan fingerprint density at radius 3 is 2.56 bits per heavy atom. The van der Waals surface area contributed by atoms with Crippen LogP contribution in [0.15, 0.2) is 0 Å². The summed E-state index contributed by atoms with van der Waals surface area (Å²) in [7, 11) is 0. The molecule has 2 N–H and O–H groups in total. The molecule has 1 saturated carbocycles. The smallest absolute Gasteiger partial charge is 0.00961 e. The molecule has 2 nitrogen and oxygen atoms in total. The monoisotopic (exact) mass is 224 g/mol. The molecule has 0 aromatic carbocycles. The van der Waals surface area contributed by atoms with Gasteiger partial charge in [-0.3, -0.25) is 4.90 Å². The largest absolute Gasteiger partial charge is 0.327 e. The number of nitrogens with two attached hydrogens (primary N) is 1. The number of hydrogen-bond donors (Lipinski definition) is 1. The third kappa shape index (κ3) is 2.60. The molecule has 4 atom stereocenters. The average Bonchev–Trinajstić information content (AvgIpc) is 2.63. The van der Waals surface area contributed by atoms with Crippen molar-refractivity contribution in [3.8, 4) is 0 Å². The summed E-state index contributed by atoms with van der Waals surface area (Å²) in [6.07, 6.45) is 9.47. The van der Waals surface area contributed by atoms with Gasteiger partial charge in [0.15, 0.2) is 0 Å². The number of likely N-dealkylation sites (tertiary alicyclic amines) is 1. The second kappa shape index (κ2) is 5.50. The SMILES string of the molecule is CCC1CCC(C)N1CC1CCCCC1N. The van der Waals surface area contributed by atoms with Crippen molar-refractivity contribution in [3.05, 3.63) is 0 Å². The van der Waals surface area contributed by atoms with Gasteiger partial charge in [0.1, 0.15) is 0 Å². The fourth-order valence-electron chi connectivity index (χ4n) is 3.63. The molecule has 1 aliphatic carbocycles. The fourth-order valence-corrected chi connectivity index (χ4v) is 3.63. The summed E-state index contributed by atoms with van der Waals surface area (Å²) in [5, 5.41) is 0. The Balaban J connectivity index is 1.91. The molecule has 1 saturated heterocycles. The summed E-state index contributed by atoms with van der Waals surface area (Å²) < 4.78 is 0. The van der Waals surface area contributed by atoms with Crippen LogP contribution in [0.2, 0.25) is 0 Å². The highest BCUT2D eigenvalue weighted by molar-refractivity contribution is 4.89. The number of nitrogens with zero attached hydrogens (tertiary/aromatic N) is 1. The quantitative estimate of drug-likeness (QED) is 0.798. The summed E-state index contributed by atoms with van der Waals surface area (Å²) in [5.41, 5.74) is 6.26. The zero-order valence-corrected chi connectivity index (χ0v) is 11.0. The lowest BCUT2D eigenvalue weighted by Crippen LogP contribution is -2.44. The highest BCUT2D eigenvalue weighted by Gasteiger charge is 2.33. The second-order valence-electron chi connectivity index (χ2n) is 5.89. The molecule has 4 unspecified atom stereocenters. The van der Waals surface area contributed by atoms with Crippen molar-refractivity contribution >= 4 is 0 Å². The van der Waals surface area contributed by atoms with Crippen LogP contribution in [-0.2, 0) is 0 Å². The van der Waals surface area contributed by atoms with Gasteiger partial charge in [-0.2, -0.15) is 0 Å². The molecular formula is C14H28N2. The van der Waals surface area contributed by atoms with E-state index in [0.29, 0.717) is 6.04 Å². The molecule has 2 heteroatoms. The first kappa shape index (κ1) is 12.4. The van der Waals surface area contributed by atoms with Gasteiger partial charge in [-0.15, -0.1) is 0 Å². The summed E-state index contributed by atoms with van der Waals surface area (Å²) in [4.78, 5) is 2.75. The molecule has 0 amide bonds. The van der Waals surface area contributed by atoms with Crippen molar-refractivity contribution in [3.63, 3.8) is 0 Å². The van der Waals surface area contributed by atoms with Crippen LogP contribution in [0.5, 0.6) is 0 Å². The zero-order valence-electron chi connectivity index (χ0n) is 11.0. The predicted octanol–water partition coefficient (Wildman–Crippen LogP) is 2.77. The zero-order chi connectivity index (χ0) is 11.5. The topological polar surface area (TPSA) is 29.3 Å². The van der Waals surface area contributed by atoms with Crippen molar-refractivity contribution in [2.24, 2.45) is 11.7 Å². The maximum Gasteiger partial charge on any atom is 0.00961 e. The highest BCUT2D eigenvalue weighted by atomic mass is 15.2. The Morgan fingerprint density at radius 2 is 1.88 bits per heavy atom. The van der Waals surface area contributed by atoms with Gasteiger partial charge >= 0.3 is 0 Å². The molecule has 0 aromatic heterocycles. The van der Waals surface area contributed by atoms with Gasteiger partial charge in [0, 0.05) is 24.7 Å². The molecule has 0 bridgehead atoms. The third-order valence-corrected chi connectivity index (χ3v) is 4.84. The Kier molecular flexibility index (Phi) is 4.26. The van der Waals surface area contributed by atoms with Crippen molar-refractivity contribution < 1.29 is 0 Å². The van der Waals surface area contributed by atoms with Crippen LogP contribution in [0.3, 0.4) is 0 Å². The standard InChI is InChI=1S/C14H28N2/c1-3-13-9-8-11(2)16(13)10-12-6-4-5-7-14(12)15/h11-14H,3-10,15H2,1-2H3. The summed E-state index contributed by atoms with van der Waals surface area (Å²) in [6.45, 7) is 5.99. The van der Waals surface area contributed by atoms with Crippen LogP contribution in [-0.4, -0.2) is 29.6 Å². The molecule has 94 valence electrons. The summed E-state index contributed by atoms with van der Waals surface area (Å²) in [5.74, 6) is 0.767. The van der Waals surface area contributed by atoms with E-state index < -0.39 is 0 Å². The minimum Gasteiger partial charge on any atom is -0.327 e. The molecule has 2 aliphatic rings. The van der Waals surface area contributed by atoms with Crippen molar-refractivity contribution in [2.75, 3.05) is 6.54 Å². The third-order valence-electron chi connectivity index (χ3n) is 4.84. The van der Waals surface area contributed by atoms with Crippen LogP contribution >= 0.6 is 0 Å². The lowest BCUT2D eigenvalue weighted by Gasteiger charge is -2.36. The molecule has 16 heavy (non-hydrogen) atoms. The van der Waals surface area contributed by atoms with E-state index in [1.165, 1.54) is 51.5 Å². The number of rotatable bonds is 3. The van der Waals surface area contributed by atoms with E-state index >= 15 is 0 Å². The van der Waals surface area contributed by atoms with Gasteiger partial charge in [-0.05, 0) is 44.9 Å². The summed E-state index contributed by atoms with van der Waals surface area (Å²) >= 11 is 0. The second-order valence-corrected chi connectivity index (χ2v) is 5.89. The van der Waals surface area contributed by atoms with Crippen molar-refractivity contribution in [1.82, 2.24) is 4.90 Å². The van der Waals surface area contributed by atoms with E-state index in [9.17, 15) is 0 Å². The van der Waals surface area contributed by atoms with Gasteiger partial charge in [-0.25, -0.2) is 0 Å². The van der Waals surface area contributed by atoms with Crippen LogP contribution in [0.1, 0.15) is 58.8 Å². The maximum absolute atomic E-state index is 6.26. The van der Waals surface area contributed by atoms with Crippen molar-refractivity contribution in [2.45, 2.75) is 76.9 Å². The highest BCUT2D eigenvalue weighted by Crippen LogP contribution is 2.30. The first-order valence-electron chi connectivity index (χ1n) is 7.23. The van der Waals surface area contributed by atoms with E-state index in [0.717, 1.165) is 18.0 Å². The van der Waals surface area contributed by atoms with Crippen LogP contribution in [0.25, 0.3) is 0 Å². The average molecular weight is 224 g/mol. The van der Waals surface area contributed by atoms with Gasteiger partial charge in [0.05, 0.1) is 0 Å². The Bertz CT molecular complexity index is 217. The molecule has 1 heterocycles. The molecule has 0 radical (unpaired) electrons. The molecule has 2 rings (SSSR count). The Morgan fingerprint density at radius 1 is 1.12 bits per heavy atom. The van der Waals surface area contributed by atoms with E-state index in [2.05, 4.69) is 18.7 Å². The lowest BCUT2D eigenvalue weighted by atomic mass is 9.84. The molecule has 1 aliphatic heterocycles. The van der Waals surface area contributed by atoms with E-state index in [1.807, 2.05) is 0 Å². The van der Waals surface area contributed by atoms with E-state index in [4.69, 9.17) is 5.73 Å². The van der Waals surface area contributed by atoms with E-state index in [-0.39, 0.29) is 0 Å².